The van der Waals surface area contributed by atoms with Gasteiger partial charge in [0.1, 0.15) is 0 Å². The summed E-state index contributed by atoms with van der Waals surface area (Å²) in [7, 11) is -0.949. The number of benzene rings is 6. The first-order chi connectivity index (χ1) is 25.4. The molecule has 0 N–H and O–H groups in total. The molecular weight excluding hydrogens is 662 g/mol. The van der Waals surface area contributed by atoms with Gasteiger partial charge in [0.15, 0.2) is 0 Å². The molecule has 0 bridgehead atoms. The molecule has 4 nitrogen and oxygen atoms in total. The molecule has 9 rings (SSSR count). The fourth-order valence-corrected chi connectivity index (χ4v) is 9.03. The van der Waals surface area contributed by atoms with Gasteiger partial charge in [0.2, 0.25) is 0 Å². The Balaban J connectivity index is 1.41. The summed E-state index contributed by atoms with van der Waals surface area (Å²) in [6.45, 7) is 25.8. The molecule has 2 fully saturated rings. The highest BCUT2D eigenvalue weighted by atomic mass is 16.7. The summed E-state index contributed by atoms with van der Waals surface area (Å²) in [6, 6.07) is 32.1. The molecule has 2 heterocycles. The topological polar surface area (TPSA) is 36.9 Å². The third-order valence-electron chi connectivity index (χ3n) is 13.0. The fourth-order valence-electron chi connectivity index (χ4n) is 9.03. The van der Waals surface area contributed by atoms with Crippen molar-refractivity contribution in [3.8, 4) is 44.5 Å². The Hall–Kier alpha value is -4.19. The molecule has 6 aromatic rings. The second-order valence-electron chi connectivity index (χ2n) is 18.2. The number of hydrogen-bond acceptors (Lipinski definition) is 4. The quantitative estimate of drug-likeness (QED) is 0.170. The van der Waals surface area contributed by atoms with Crippen molar-refractivity contribution in [3.63, 3.8) is 0 Å². The van der Waals surface area contributed by atoms with Crippen molar-refractivity contribution >= 4 is 46.7 Å². The van der Waals surface area contributed by atoms with Crippen LogP contribution in [-0.4, -0.2) is 36.6 Å². The zero-order valence-corrected chi connectivity index (χ0v) is 33.9. The summed E-state index contributed by atoms with van der Waals surface area (Å²) in [5.74, 6) is 0. The van der Waals surface area contributed by atoms with Gasteiger partial charge in [0, 0.05) is 0 Å². The molecule has 0 spiro atoms. The lowest BCUT2D eigenvalue weighted by atomic mass is 9.75. The molecule has 0 aromatic heterocycles. The van der Waals surface area contributed by atoms with Gasteiger partial charge in [-0.15, -0.1) is 0 Å². The number of hydrogen-bond donors (Lipinski definition) is 0. The minimum absolute atomic E-state index is 0.442. The summed E-state index contributed by atoms with van der Waals surface area (Å²) >= 11 is 0. The summed E-state index contributed by atoms with van der Waals surface area (Å²) < 4.78 is 26.7. The van der Waals surface area contributed by atoms with Crippen molar-refractivity contribution in [1.29, 1.82) is 0 Å². The van der Waals surface area contributed by atoms with Gasteiger partial charge in [-0.25, -0.2) is 0 Å². The minimum atomic E-state index is -0.479. The first-order valence-corrected chi connectivity index (χ1v) is 19.4. The van der Waals surface area contributed by atoms with Crippen molar-refractivity contribution < 1.29 is 18.6 Å². The highest BCUT2D eigenvalue weighted by Gasteiger charge is 2.53. The highest BCUT2D eigenvalue weighted by Crippen LogP contribution is 2.58. The predicted octanol–water partition coefficient (Wildman–Crippen LogP) is 10.8. The van der Waals surface area contributed by atoms with Crippen molar-refractivity contribution in [2.24, 2.45) is 0 Å². The summed E-state index contributed by atoms with van der Waals surface area (Å²) in [4.78, 5) is 0. The third kappa shape index (κ3) is 5.21. The Kier molecular flexibility index (Phi) is 7.67. The van der Waals surface area contributed by atoms with E-state index in [1.54, 1.807) is 0 Å². The van der Waals surface area contributed by atoms with Crippen LogP contribution in [0.2, 0.25) is 0 Å². The van der Waals surface area contributed by atoms with Crippen LogP contribution in [0.5, 0.6) is 0 Å². The standard InChI is InChI=1S/C48H50B2O4/c1-27-20-28(2)23-31(22-27)40-34-17-16-33(49-51-45(5,6)46(7,8)52-49)26-38(34)41(32-24-29(3)21-30(4)25-32)43-36-15-13-14-35-39(19-18-37(42(35)36)44(40)43)50-53-47(9,10)48(11,12)54-50/h13-26H,1-12H3. The van der Waals surface area contributed by atoms with E-state index < -0.39 is 36.6 Å². The maximum atomic E-state index is 6.68. The number of aryl methyl sites for hydroxylation is 4. The zero-order chi connectivity index (χ0) is 38.3. The lowest BCUT2D eigenvalue weighted by Crippen LogP contribution is -2.41. The van der Waals surface area contributed by atoms with Gasteiger partial charge in [-0.3, -0.25) is 0 Å². The molecule has 2 saturated heterocycles. The second kappa shape index (κ2) is 11.7. The zero-order valence-electron chi connectivity index (χ0n) is 33.9. The first kappa shape index (κ1) is 35.5. The molecule has 0 atom stereocenters. The summed E-state index contributed by atoms with van der Waals surface area (Å²) in [5.41, 5.74) is 15.2. The largest absolute Gasteiger partial charge is 0.495 e. The molecule has 0 unspecified atom stereocenters. The summed E-state index contributed by atoms with van der Waals surface area (Å²) in [5, 5.41) is 4.82. The van der Waals surface area contributed by atoms with E-state index >= 15 is 0 Å². The molecule has 0 saturated carbocycles. The van der Waals surface area contributed by atoms with Gasteiger partial charge in [0.25, 0.3) is 0 Å². The first-order valence-electron chi connectivity index (χ1n) is 19.4. The van der Waals surface area contributed by atoms with Crippen molar-refractivity contribution in [1.82, 2.24) is 0 Å². The Labute approximate surface area is 321 Å². The lowest BCUT2D eigenvalue weighted by Gasteiger charge is -2.32. The maximum Gasteiger partial charge on any atom is 0.495 e. The van der Waals surface area contributed by atoms with E-state index in [0.29, 0.717) is 0 Å². The van der Waals surface area contributed by atoms with E-state index in [9.17, 15) is 0 Å². The predicted molar refractivity (Wildman–Crippen MR) is 227 cm³/mol. The van der Waals surface area contributed by atoms with E-state index in [0.717, 1.165) is 10.9 Å². The molecule has 6 aromatic carbocycles. The van der Waals surface area contributed by atoms with Crippen LogP contribution in [0.25, 0.3) is 66.1 Å². The van der Waals surface area contributed by atoms with E-state index in [2.05, 4.69) is 168 Å². The highest BCUT2D eigenvalue weighted by molar-refractivity contribution is 6.65. The Morgan fingerprint density at radius 3 is 1.39 bits per heavy atom. The van der Waals surface area contributed by atoms with Gasteiger partial charge in [0.05, 0.1) is 22.4 Å². The van der Waals surface area contributed by atoms with Crippen LogP contribution in [0.4, 0.5) is 0 Å². The van der Waals surface area contributed by atoms with Crippen LogP contribution < -0.4 is 10.9 Å². The monoisotopic (exact) mass is 712 g/mol. The molecule has 54 heavy (non-hydrogen) atoms. The molecule has 1 aliphatic carbocycles. The Bertz CT molecular complexity index is 2510. The maximum absolute atomic E-state index is 6.68. The minimum Gasteiger partial charge on any atom is -0.399 e. The van der Waals surface area contributed by atoms with Crippen LogP contribution in [0.3, 0.4) is 0 Å². The van der Waals surface area contributed by atoms with Crippen molar-refractivity contribution in [2.75, 3.05) is 0 Å². The van der Waals surface area contributed by atoms with Gasteiger partial charge in [-0.2, -0.15) is 0 Å². The summed E-state index contributed by atoms with van der Waals surface area (Å²) in [6.07, 6.45) is 0. The normalized spacial score (nSPS) is 19.0. The number of fused-ring (bicyclic) bond motifs is 4. The Morgan fingerprint density at radius 1 is 0.407 bits per heavy atom. The van der Waals surface area contributed by atoms with E-state index in [4.69, 9.17) is 18.6 Å². The lowest BCUT2D eigenvalue weighted by molar-refractivity contribution is 0.00578. The SMILES string of the molecule is Cc1cc(C)cc(-c2c3c(c(-c4cc(C)cc(C)c4)c4cc(B5OC(C)(C)C(C)(C)O5)ccc24)-c2cccc4c(B5OC(C)(C)C(C)(C)O5)ccc-3c24)c1. The van der Waals surface area contributed by atoms with Crippen LogP contribution >= 0.6 is 0 Å². The molecule has 272 valence electrons. The van der Waals surface area contributed by atoms with Gasteiger partial charge >= 0.3 is 14.2 Å². The fraction of sp³-hybridized carbons (Fsp3) is 0.333. The van der Waals surface area contributed by atoms with Crippen molar-refractivity contribution in [2.45, 2.75) is 105 Å². The average Bonchev–Trinajstić information content (AvgIpc) is 3.60. The van der Waals surface area contributed by atoms with Gasteiger partial charge in [-0.05, 0) is 160 Å². The Morgan fingerprint density at radius 2 is 0.870 bits per heavy atom. The molecule has 6 heteroatoms. The van der Waals surface area contributed by atoms with Crippen LogP contribution in [0, 0.1) is 27.7 Å². The van der Waals surface area contributed by atoms with Crippen molar-refractivity contribution in [3.05, 3.63) is 107 Å². The second-order valence-corrected chi connectivity index (χ2v) is 18.2. The average molecular weight is 713 g/mol. The third-order valence-corrected chi connectivity index (χ3v) is 13.0. The molecular formula is C48H50B2O4. The van der Waals surface area contributed by atoms with Crippen LogP contribution in [0.1, 0.15) is 77.6 Å². The van der Waals surface area contributed by atoms with Crippen LogP contribution in [-0.2, 0) is 18.6 Å². The molecule has 2 aliphatic heterocycles. The van der Waals surface area contributed by atoms with Gasteiger partial charge in [-0.1, -0.05) is 107 Å². The van der Waals surface area contributed by atoms with E-state index in [-0.39, 0.29) is 0 Å². The molecule has 3 aliphatic rings. The van der Waals surface area contributed by atoms with E-state index in [1.807, 2.05) is 0 Å². The van der Waals surface area contributed by atoms with Crippen LogP contribution in [0.15, 0.2) is 84.9 Å². The van der Waals surface area contributed by atoms with E-state index in [1.165, 1.54) is 88.3 Å². The molecule has 0 amide bonds. The smallest absolute Gasteiger partial charge is 0.399 e. The van der Waals surface area contributed by atoms with Gasteiger partial charge < -0.3 is 18.6 Å². The molecule has 0 radical (unpaired) electrons. The number of rotatable bonds is 4.